The highest BCUT2D eigenvalue weighted by Gasteiger charge is 2.17. The van der Waals surface area contributed by atoms with Gasteiger partial charge in [0.2, 0.25) is 0 Å². The van der Waals surface area contributed by atoms with Crippen molar-refractivity contribution in [3.63, 3.8) is 0 Å². The molecule has 0 bridgehead atoms. The summed E-state index contributed by atoms with van der Waals surface area (Å²) in [7, 11) is 0. The van der Waals surface area contributed by atoms with Gasteiger partial charge in [-0.3, -0.25) is 0 Å². The lowest BCUT2D eigenvalue weighted by atomic mass is 9.89. The molecule has 2 heteroatoms. The van der Waals surface area contributed by atoms with Crippen LogP contribution in [-0.4, -0.2) is 10.2 Å². The lowest BCUT2D eigenvalue weighted by Gasteiger charge is -2.19. The number of rotatable bonds is 1. The second-order valence-corrected chi connectivity index (χ2v) is 5.20. The first-order valence-corrected chi connectivity index (χ1v) is 6.55. The van der Waals surface area contributed by atoms with Gasteiger partial charge in [-0.2, -0.15) is 10.2 Å². The summed E-state index contributed by atoms with van der Waals surface area (Å²) in [4.78, 5) is 0. The first-order chi connectivity index (χ1) is 7.70. The van der Waals surface area contributed by atoms with Crippen molar-refractivity contribution >= 4 is 0 Å². The van der Waals surface area contributed by atoms with Crippen molar-refractivity contribution in [1.82, 2.24) is 10.2 Å². The molecular weight excluding hydrogens is 196 g/mol. The number of hydrogen-bond donors (Lipinski definition) is 0. The molecule has 1 aromatic heterocycles. The third kappa shape index (κ3) is 2.26. The second kappa shape index (κ2) is 4.94. The molecule has 0 aliphatic heterocycles. The Morgan fingerprint density at radius 2 is 1.50 bits per heavy atom. The summed E-state index contributed by atoms with van der Waals surface area (Å²) in [6.45, 7) is 6.55. The van der Waals surface area contributed by atoms with E-state index in [1.807, 2.05) is 0 Å². The Bertz CT molecular complexity index is 369. The Kier molecular flexibility index (Phi) is 3.57. The van der Waals surface area contributed by atoms with Crippen LogP contribution in [0.5, 0.6) is 0 Å². The van der Waals surface area contributed by atoms with Crippen molar-refractivity contribution in [2.24, 2.45) is 0 Å². The fraction of sp³-hybridized carbons (Fsp3) is 0.714. The quantitative estimate of drug-likeness (QED) is 0.720. The summed E-state index contributed by atoms with van der Waals surface area (Å²) >= 11 is 0. The molecule has 88 valence electrons. The fourth-order valence-corrected chi connectivity index (χ4v) is 2.65. The van der Waals surface area contributed by atoms with Crippen LogP contribution in [0.1, 0.15) is 68.0 Å². The van der Waals surface area contributed by atoms with E-state index < -0.39 is 0 Å². The summed E-state index contributed by atoms with van der Waals surface area (Å²) in [6.07, 6.45) is 7.79. The highest BCUT2D eigenvalue weighted by molar-refractivity contribution is 5.34. The van der Waals surface area contributed by atoms with E-state index in [1.165, 1.54) is 55.3 Å². The van der Waals surface area contributed by atoms with Crippen LogP contribution in [0.4, 0.5) is 0 Å². The molecule has 0 saturated carbocycles. The SMILES string of the molecule is Cc1nnc(C(C)C)c2c1CCCCCC2. The Labute approximate surface area is 98.5 Å². The van der Waals surface area contributed by atoms with Gasteiger partial charge in [0.15, 0.2) is 0 Å². The average Bonchev–Trinajstić information content (AvgIpc) is 2.19. The van der Waals surface area contributed by atoms with Gasteiger partial charge in [-0.25, -0.2) is 0 Å². The van der Waals surface area contributed by atoms with E-state index >= 15 is 0 Å². The Morgan fingerprint density at radius 1 is 0.875 bits per heavy atom. The lowest BCUT2D eigenvalue weighted by Crippen LogP contribution is -2.11. The molecule has 0 unspecified atom stereocenters. The summed E-state index contributed by atoms with van der Waals surface area (Å²) in [5.41, 5.74) is 5.41. The predicted octanol–water partition coefficient (Wildman–Crippen LogP) is 3.57. The topological polar surface area (TPSA) is 25.8 Å². The van der Waals surface area contributed by atoms with Crippen LogP contribution in [-0.2, 0) is 12.8 Å². The van der Waals surface area contributed by atoms with Gasteiger partial charge in [0.25, 0.3) is 0 Å². The van der Waals surface area contributed by atoms with Gasteiger partial charge in [0.1, 0.15) is 0 Å². The van der Waals surface area contributed by atoms with Crippen molar-refractivity contribution in [1.29, 1.82) is 0 Å². The zero-order valence-electron chi connectivity index (χ0n) is 10.7. The molecule has 1 aliphatic rings. The van der Waals surface area contributed by atoms with Gasteiger partial charge in [0.05, 0.1) is 11.4 Å². The molecule has 0 fully saturated rings. The molecule has 0 atom stereocenters. The molecule has 1 aliphatic carbocycles. The minimum Gasteiger partial charge on any atom is -0.155 e. The second-order valence-electron chi connectivity index (χ2n) is 5.20. The third-order valence-electron chi connectivity index (χ3n) is 3.57. The molecular formula is C14H22N2. The van der Waals surface area contributed by atoms with Crippen LogP contribution in [0.25, 0.3) is 0 Å². The summed E-state index contributed by atoms with van der Waals surface area (Å²) in [5, 5.41) is 8.75. The van der Waals surface area contributed by atoms with Crippen molar-refractivity contribution < 1.29 is 0 Å². The molecule has 1 aromatic rings. The standard InChI is InChI=1S/C14H22N2/c1-10(2)14-13-9-7-5-4-6-8-12(13)11(3)15-16-14/h10H,4-9H2,1-3H3. The average molecular weight is 218 g/mol. The van der Waals surface area contributed by atoms with Crippen molar-refractivity contribution in [2.75, 3.05) is 0 Å². The fourth-order valence-electron chi connectivity index (χ4n) is 2.65. The third-order valence-corrected chi connectivity index (χ3v) is 3.57. The highest BCUT2D eigenvalue weighted by Crippen LogP contribution is 2.27. The number of hydrogen-bond acceptors (Lipinski definition) is 2. The Morgan fingerprint density at radius 3 is 2.12 bits per heavy atom. The van der Waals surface area contributed by atoms with Gasteiger partial charge in [-0.15, -0.1) is 0 Å². The summed E-state index contributed by atoms with van der Waals surface area (Å²) in [5.74, 6) is 0.501. The summed E-state index contributed by atoms with van der Waals surface area (Å²) in [6, 6.07) is 0. The van der Waals surface area contributed by atoms with Crippen molar-refractivity contribution in [2.45, 2.75) is 65.2 Å². The predicted molar refractivity (Wildman–Crippen MR) is 66.7 cm³/mol. The number of aromatic nitrogens is 2. The minimum atomic E-state index is 0.501. The zero-order chi connectivity index (χ0) is 11.5. The van der Waals surface area contributed by atoms with E-state index in [4.69, 9.17) is 0 Å². The zero-order valence-corrected chi connectivity index (χ0v) is 10.7. The molecule has 0 aromatic carbocycles. The van der Waals surface area contributed by atoms with Crippen molar-refractivity contribution in [3.8, 4) is 0 Å². The van der Waals surface area contributed by atoms with Gasteiger partial charge in [0, 0.05) is 0 Å². The van der Waals surface area contributed by atoms with Crippen LogP contribution in [0.3, 0.4) is 0 Å². The maximum absolute atomic E-state index is 4.41. The number of nitrogens with zero attached hydrogens (tertiary/aromatic N) is 2. The molecule has 0 spiro atoms. The largest absolute Gasteiger partial charge is 0.155 e. The van der Waals surface area contributed by atoms with E-state index in [-0.39, 0.29) is 0 Å². The van der Waals surface area contributed by atoms with Crippen LogP contribution in [0.2, 0.25) is 0 Å². The normalized spacial score (nSPS) is 16.8. The minimum absolute atomic E-state index is 0.501. The van der Waals surface area contributed by atoms with Crippen LogP contribution < -0.4 is 0 Å². The molecule has 0 saturated heterocycles. The Balaban J connectivity index is 2.46. The van der Waals surface area contributed by atoms with Gasteiger partial charge in [-0.05, 0) is 49.7 Å². The van der Waals surface area contributed by atoms with Gasteiger partial charge in [-0.1, -0.05) is 26.7 Å². The van der Waals surface area contributed by atoms with Crippen LogP contribution >= 0.6 is 0 Å². The number of aryl methyl sites for hydroxylation is 1. The van der Waals surface area contributed by atoms with E-state index in [9.17, 15) is 0 Å². The van der Waals surface area contributed by atoms with Crippen LogP contribution in [0.15, 0.2) is 0 Å². The highest BCUT2D eigenvalue weighted by atomic mass is 15.1. The molecule has 1 heterocycles. The monoisotopic (exact) mass is 218 g/mol. The maximum atomic E-state index is 4.41. The lowest BCUT2D eigenvalue weighted by molar-refractivity contribution is 0.598. The van der Waals surface area contributed by atoms with Gasteiger partial charge < -0.3 is 0 Å². The number of fused-ring (bicyclic) bond motifs is 1. The molecule has 0 amide bonds. The summed E-state index contributed by atoms with van der Waals surface area (Å²) < 4.78 is 0. The Hall–Kier alpha value is -0.920. The maximum Gasteiger partial charge on any atom is 0.0691 e. The van der Waals surface area contributed by atoms with Crippen molar-refractivity contribution in [3.05, 3.63) is 22.5 Å². The molecule has 2 nitrogen and oxygen atoms in total. The smallest absolute Gasteiger partial charge is 0.0691 e. The van der Waals surface area contributed by atoms with E-state index in [2.05, 4.69) is 31.0 Å². The van der Waals surface area contributed by atoms with E-state index in [0.717, 1.165) is 5.69 Å². The molecule has 0 radical (unpaired) electrons. The molecule has 16 heavy (non-hydrogen) atoms. The molecule has 2 rings (SSSR count). The van der Waals surface area contributed by atoms with E-state index in [0.29, 0.717) is 5.92 Å². The first kappa shape index (κ1) is 11.6. The first-order valence-electron chi connectivity index (χ1n) is 6.55. The van der Waals surface area contributed by atoms with Gasteiger partial charge >= 0.3 is 0 Å². The molecule has 0 N–H and O–H groups in total. The van der Waals surface area contributed by atoms with Crippen LogP contribution in [0, 0.1) is 6.92 Å². The van der Waals surface area contributed by atoms with E-state index in [1.54, 1.807) is 0 Å².